The first-order valence-corrected chi connectivity index (χ1v) is 4.15. The van der Waals surface area contributed by atoms with Gasteiger partial charge in [-0.15, -0.1) is 11.6 Å². The Hall–Kier alpha value is -1.60. The lowest BCUT2D eigenvalue weighted by molar-refractivity contribution is 0.101. The summed E-state index contributed by atoms with van der Waals surface area (Å²) in [5.74, 6) is -2.35. The normalized spacial score (nSPS) is 9.50. The smallest absolute Gasteiger partial charge is 0.180 e. The van der Waals surface area contributed by atoms with Crippen molar-refractivity contribution in [3.8, 4) is 11.8 Å². The van der Waals surface area contributed by atoms with Crippen LogP contribution in [0.15, 0.2) is 12.1 Å². The lowest BCUT2D eigenvalue weighted by Crippen LogP contribution is -2.05. The van der Waals surface area contributed by atoms with Crippen molar-refractivity contribution in [1.29, 1.82) is 5.26 Å². The fourth-order valence-electron chi connectivity index (χ4n) is 0.965. The highest BCUT2D eigenvalue weighted by molar-refractivity contribution is 6.30. The molecular weight excluding hydrogens is 209 g/mol. The molecule has 1 aromatic rings. The fourth-order valence-corrected chi connectivity index (χ4v) is 1.11. The van der Waals surface area contributed by atoms with Gasteiger partial charge in [-0.3, -0.25) is 4.79 Å². The molecule has 0 saturated heterocycles. The van der Waals surface area contributed by atoms with E-state index in [9.17, 15) is 9.18 Å². The summed E-state index contributed by atoms with van der Waals surface area (Å²) in [6.07, 6.45) is 0. The second-order valence-electron chi connectivity index (χ2n) is 2.52. The van der Waals surface area contributed by atoms with Gasteiger partial charge in [0, 0.05) is 6.07 Å². The summed E-state index contributed by atoms with van der Waals surface area (Å²) in [4.78, 5) is 11.1. The average molecular weight is 214 g/mol. The first-order chi connectivity index (χ1) is 6.60. The highest BCUT2D eigenvalue weighted by Crippen LogP contribution is 2.20. The third-order valence-electron chi connectivity index (χ3n) is 1.60. The number of alkyl halides is 1. The lowest BCUT2D eigenvalue weighted by atomic mass is 10.1. The van der Waals surface area contributed by atoms with Crippen LogP contribution in [0.3, 0.4) is 0 Å². The van der Waals surface area contributed by atoms with Crippen molar-refractivity contribution in [2.45, 2.75) is 0 Å². The second kappa shape index (κ2) is 4.07. The van der Waals surface area contributed by atoms with Gasteiger partial charge in [0.1, 0.15) is 11.8 Å². The Bertz CT molecular complexity index is 426. The van der Waals surface area contributed by atoms with Crippen LogP contribution < -0.4 is 0 Å². The van der Waals surface area contributed by atoms with E-state index in [1.807, 2.05) is 0 Å². The second-order valence-corrected chi connectivity index (χ2v) is 2.79. The fraction of sp³-hybridized carbons (Fsp3) is 0.111. The van der Waals surface area contributed by atoms with Gasteiger partial charge in [-0.1, -0.05) is 0 Å². The molecule has 0 spiro atoms. The molecule has 5 heteroatoms. The Kier molecular flexibility index (Phi) is 3.05. The summed E-state index contributed by atoms with van der Waals surface area (Å²) in [5, 5.41) is 17.6. The standard InChI is InChI=1S/C9H5ClFNO2/c10-3-8(14)7-2-6(13)1-5(4-12)9(7)11/h1-2,13H,3H2. The molecule has 0 aromatic heterocycles. The van der Waals surface area contributed by atoms with E-state index in [1.165, 1.54) is 6.07 Å². The van der Waals surface area contributed by atoms with Crippen LogP contribution >= 0.6 is 11.6 Å². The number of rotatable bonds is 2. The molecule has 0 saturated carbocycles. The van der Waals surface area contributed by atoms with Crippen LogP contribution in [0.25, 0.3) is 0 Å². The summed E-state index contributed by atoms with van der Waals surface area (Å²) in [6.45, 7) is 0. The van der Waals surface area contributed by atoms with Crippen LogP contribution in [0.2, 0.25) is 0 Å². The van der Waals surface area contributed by atoms with Crippen molar-refractivity contribution in [1.82, 2.24) is 0 Å². The molecule has 1 aromatic carbocycles. The number of aromatic hydroxyl groups is 1. The van der Waals surface area contributed by atoms with Crippen molar-refractivity contribution in [3.63, 3.8) is 0 Å². The summed E-state index contributed by atoms with van der Waals surface area (Å²) in [5.41, 5.74) is -0.741. The highest BCUT2D eigenvalue weighted by Gasteiger charge is 2.15. The van der Waals surface area contributed by atoms with Crippen LogP contribution in [-0.4, -0.2) is 16.8 Å². The summed E-state index contributed by atoms with van der Waals surface area (Å²) in [6, 6.07) is 3.42. The molecule has 0 heterocycles. The molecule has 1 N–H and O–H groups in total. The minimum absolute atomic E-state index is 0.337. The maximum absolute atomic E-state index is 13.3. The number of nitriles is 1. The summed E-state index contributed by atoms with van der Waals surface area (Å²) < 4.78 is 13.3. The predicted octanol–water partition coefficient (Wildman–Crippen LogP) is 1.82. The van der Waals surface area contributed by atoms with Crippen molar-refractivity contribution in [2.75, 3.05) is 5.88 Å². The number of carbonyl (C=O) groups excluding carboxylic acids is 1. The van der Waals surface area contributed by atoms with Crippen LogP contribution in [0, 0.1) is 17.1 Å². The maximum atomic E-state index is 13.3. The number of carbonyl (C=O) groups is 1. The molecule has 0 fully saturated rings. The number of phenolic OH excluding ortho intramolecular Hbond substituents is 1. The average Bonchev–Trinajstić information content (AvgIpc) is 2.19. The van der Waals surface area contributed by atoms with Gasteiger partial charge in [-0.2, -0.15) is 5.26 Å². The van der Waals surface area contributed by atoms with Crippen LogP contribution in [0.4, 0.5) is 4.39 Å². The molecule has 0 aliphatic carbocycles. The number of nitrogens with zero attached hydrogens (tertiary/aromatic N) is 1. The molecule has 0 radical (unpaired) electrons. The Labute approximate surface area is 84.3 Å². The SMILES string of the molecule is N#Cc1cc(O)cc(C(=O)CCl)c1F. The molecular formula is C9H5ClFNO2. The van der Waals surface area contributed by atoms with E-state index >= 15 is 0 Å². The number of benzene rings is 1. The molecule has 0 bridgehead atoms. The van der Waals surface area contributed by atoms with E-state index in [0.29, 0.717) is 0 Å². The van der Waals surface area contributed by atoms with E-state index in [0.717, 1.165) is 12.1 Å². The van der Waals surface area contributed by atoms with Crippen molar-refractivity contribution < 1.29 is 14.3 Å². The van der Waals surface area contributed by atoms with Gasteiger partial charge in [0.15, 0.2) is 11.6 Å². The van der Waals surface area contributed by atoms with Gasteiger partial charge in [0.25, 0.3) is 0 Å². The van der Waals surface area contributed by atoms with Crippen LogP contribution in [0.1, 0.15) is 15.9 Å². The van der Waals surface area contributed by atoms with Crippen molar-refractivity contribution in [3.05, 3.63) is 29.1 Å². The number of halogens is 2. The topological polar surface area (TPSA) is 61.1 Å². The predicted molar refractivity (Wildman–Crippen MR) is 47.8 cm³/mol. The van der Waals surface area contributed by atoms with Crippen molar-refractivity contribution >= 4 is 17.4 Å². The molecule has 14 heavy (non-hydrogen) atoms. The van der Waals surface area contributed by atoms with Gasteiger partial charge >= 0.3 is 0 Å². The van der Waals surface area contributed by atoms with E-state index < -0.39 is 17.5 Å². The number of ketones is 1. The molecule has 0 atom stereocenters. The largest absolute Gasteiger partial charge is 0.508 e. The van der Waals surface area contributed by atoms with E-state index in [4.69, 9.17) is 22.0 Å². The molecule has 72 valence electrons. The first-order valence-electron chi connectivity index (χ1n) is 3.62. The van der Waals surface area contributed by atoms with Gasteiger partial charge in [-0.25, -0.2) is 4.39 Å². The van der Waals surface area contributed by atoms with Gasteiger partial charge in [0.05, 0.1) is 17.0 Å². The van der Waals surface area contributed by atoms with Crippen molar-refractivity contribution in [2.24, 2.45) is 0 Å². The number of phenols is 1. The Morgan fingerprint density at radius 3 is 2.79 bits per heavy atom. The van der Waals surface area contributed by atoms with E-state index in [2.05, 4.69) is 0 Å². The zero-order valence-corrected chi connectivity index (χ0v) is 7.68. The van der Waals surface area contributed by atoms with Gasteiger partial charge < -0.3 is 5.11 Å². The molecule has 1 rings (SSSR count). The summed E-state index contributed by atoms with van der Waals surface area (Å²) in [7, 11) is 0. The minimum Gasteiger partial charge on any atom is -0.508 e. The highest BCUT2D eigenvalue weighted by atomic mass is 35.5. The lowest BCUT2D eigenvalue weighted by Gasteiger charge is -2.02. The zero-order chi connectivity index (χ0) is 10.7. The third kappa shape index (κ3) is 1.83. The van der Waals surface area contributed by atoms with E-state index in [1.54, 1.807) is 0 Å². The quantitative estimate of drug-likeness (QED) is 0.602. The van der Waals surface area contributed by atoms with E-state index in [-0.39, 0.29) is 16.9 Å². The molecule has 0 unspecified atom stereocenters. The Morgan fingerprint density at radius 2 is 2.29 bits per heavy atom. The number of Topliss-reactive ketones (excluding diaryl/α,β-unsaturated/α-hetero) is 1. The zero-order valence-electron chi connectivity index (χ0n) is 6.92. The molecule has 0 amide bonds. The maximum Gasteiger partial charge on any atom is 0.180 e. The molecule has 3 nitrogen and oxygen atoms in total. The number of hydrogen-bond donors (Lipinski definition) is 1. The van der Waals surface area contributed by atoms with Crippen LogP contribution in [0.5, 0.6) is 5.75 Å². The minimum atomic E-state index is -0.948. The third-order valence-corrected chi connectivity index (χ3v) is 1.84. The van der Waals surface area contributed by atoms with Crippen LogP contribution in [-0.2, 0) is 0 Å². The Balaban J connectivity index is 3.38. The monoisotopic (exact) mass is 213 g/mol. The molecule has 0 aliphatic rings. The number of hydrogen-bond acceptors (Lipinski definition) is 3. The van der Waals surface area contributed by atoms with Gasteiger partial charge in [0.2, 0.25) is 0 Å². The Morgan fingerprint density at radius 1 is 1.64 bits per heavy atom. The molecule has 0 aliphatic heterocycles. The first kappa shape index (κ1) is 10.5. The summed E-state index contributed by atoms with van der Waals surface area (Å²) >= 11 is 5.23. The van der Waals surface area contributed by atoms with Gasteiger partial charge in [-0.05, 0) is 6.07 Å².